The maximum absolute atomic E-state index is 12.1. The van der Waals surface area contributed by atoms with E-state index in [1.165, 1.54) is 12.1 Å². The van der Waals surface area contributed by atoms with E-state index in [1.807, 2.05) is 55.5 Å². The van der Waals surface area contributed by atoms with Gasteiger partial charge in [0, 0.05) is 5.69 Å². The van der Waals surface area contributed by atoms with E-state index in [2.05, 4.69) is 5.32 Å². The van der Waals surface area contributed by atoms with Crippen molar-refractivity contribution in [2.75, 3.05) is 11.9 Å². The molecule has 3 rings (SSSR count). The highest BCUT2D eigenvalue weighted by Gasteiger charge is 2.08. The van der Waals surface area contributed by atoms with Gasteiger partial charge in [0.05, 0.1) is 5.56 Å². The molecule has 0 atom stereocenters. The lowest BCUT2D eigenvalue weighted by molar-refractivity contribution is -0.118. The Hall–Kier alpha value is -3.60. The molecule has 0 heterocycles. The Morgan fingerprint density at radius 2 is 1.74 bits per heavy atom. The Labute approximate surface area is 157 Å². The van der Waals surface area contributed by atoms with Gasteiger partial charge in [0.1, 0.15) is 5.75 Å². The zero-order valence-electron chi connectivity index (χ0n) is 14.8. The van der Waals surface area contributed by atoms with Gasteiger partial charge in [-0.05, 0) is 53.9 Å². The number of carboxylic acids is 1. The fourth-order valence-corrected chi connectivity index (χ4v) is 2.74. The fourth-order valence-electron chi connectivity index (χ4n) is 2.74. The largest absolute Gasteiger partial charge is 0.484 e. The van der Waals surface area contributed by atoms with Gasteiger partial charge < -0.3 is 15.2 Å². The Bertz CT molecular complexity index is 967. The molecular formula is C22H19NO4. The van der Waals surface area contributed by atoms with Gasteiger partial charge in [-0.25, -0.2) is 4.79 Å². The third-order valence-corrected chi connectivity index (χ3v) is 4.05. The molecular weight excluding hydrogens is 342 g/mol. The Morgan fingerprint density at radius 1 is 0.963 bits per heavy atom. The quantitative estimate of drug-likeness (QED) is 0.683. The first kappa shape index (κ1) is 18.2. The lowest BCUT2D eigenvalue weighted by Crippen LogP contribution is -2.20. The van der Waals surface area contributed by atoms with Crippen LogP contribution in [0.15, 0.2) is 72.8 Å². The van der Waals surface area contributed by atoms with Crippen molar-refractivity contribution in [2.24, 2.45) is 0 Å². The van der Waals surface area contributed by atoms with E-state index >= 15 is 0 Å². The van der Waals surface area contributed by atoms with Gasteiger partial charge in [0.15, 0.2) is 6.61 Å². The Kier molecular flexibility index (Phi) is 5.52. The zero-order chi connectivity index (χ0) is 19.2. The molecule has 0 aliphatic carbocycles. The summed E-state index contributed by atoms with van der Waals surface area (Å²) in [6.07, 6.45) is 0. The van der Waals surface area contributed by atoms with Gasteiger partial charge in [-0.3, -0.25) is 4.79 Å². The van der Waals surface area contributed by atoms with Crippen LogP contribution >= 0.6 is 0 Å². The molecule has 1 amide bonds. The number of hydrogen-bond acceptors (Lipinski definition) is 3. The van der Waals surface area contributed by atoms with Crippen molar-refractivity contribution in [2.45, 2.75) is 6.92 Å². The normalized spacial score (nSPS) is 10.3. The second-order valence-corrected chi connectivity index (χ2v) is 6.07. The summed E-state index contributed by atoms with van der Waals surface area (Å²) < 4.78 is 5.56. The van der Waals surface area contributed by atoms with E-state index in [1.54, 1.807) is 12.1 Å². The minimum atomic E-state index is -1.05. The summed E-state index contributed by atoms with van der Waals surface area (Å²) in [5, 5.41) is 11.6. The summed E-state index contributed by atoms with van der Waals surface area (Å²) in [4.78, 5) is 23.0. The highest BCUT2D eigenvalue weighted by molar-refractivity contribution is 5.94. The average Bonchev–Trinajstić information content (AvgIpc) is 2.67. The molecule has 0 radical (unpaired) electrons. The number of carboxylic acid groups (broad SMARTS) is 1. The standard InChI is InChI=1S/C22H19NO4/c1-15-12-19(10-11-20(15)16-6-3-2-4-7-16)27-14-21(24)23-18-9-5-8-17(13-18)22(25)26/h2-13H,14H2,1H3,(H,23,24)(H,25,26). The van der Waals surface area contributed by atoms with Crippen molar-refractivity contribution in [1.82, 2.24) is 0 Å². The van der Waals surface area contributed by atoms with Gasteiger partial charge in [-0.2, -0.15) is 0 Å². The van der Waals surface area contributed by atoms with Crippen molar-refractivity contribution >= 4 is 17.6 Å². The topological polar surface area (TPSA) is 75.6 Å². The lowest BCUT2D eigenvalue weighted by atomic mass is 10.0. The second kappa shape index (κ2) is 8.19. The summed E-state index contributed by atoms with van der Waals surface area (Å²) in [6.45, 7) is 1.83. The maximum Gasteiger partial charge on any atom is 0.335 e. The zero-order valence-corrected chi connectivity index (χ0v) is 14.8. The first-order valence-electron chi connectivity index (χ1n) is 8.45. The van der Waals surface area contributed by atoms with Crippen LogP contribution in [0.25, 0.3) is 11.1 Å². The third kappa shape index (κ3) is 4.73. The highest BCUT2D eigenvalue weighted by atomic mass is 16.5. The molecule has 3 aromatic rings. The van der Waals surface area contributed by atoms with Crippen LogP contribution in [0.1, 0.15) is 15.9 Å². The summed E-state index contributed by atoms with van der Waals surface area (Å²) in [5.41, 5.74) is 3.81. The Morgan fingerprint density at radius 3 is 2.44 bits per heavy atom. The van der Waals surface area contributed by atoms with Gasteiger partial charge in [0.2, 0.25) is 0 Å². The number of aromatic carboxylic acids is 1. The predicted molar refractivity (Wildman–Crippen MR) is 104 cm³/mol. The van der Waals surface area contributed by atoms with E-state index in [9.17, 15) is 9.59 Å². The van der Waals surface area contributed by atoms with Crippen LogP contribution in [0.2, 0.25) is 0 Å². The number of nitrogens with one attached hydrogen (secondary N) is 1. The van der Waals surface area contributed by atoms with Gasteiger partial charge in [-0.1, -0.05) is 42.5 Å². The van der Waals surface area contributed by atoms with Crippen LogP contribution in [0, 0.1) is 6.92 Å². The smallest absolute Gasteiger partial charge is 0.335 e. The summed E-state index contributed by atoms with van der Waals surface area (Å²) in [7, 11) is 0. The van der Waals surface area contributed by atoms with Crippen LogP contribution < -0.4 is 10.1 Å². The van der Waals surface area contributed by atoms with E-state index in [-0.39, 0.29) is 18.1 Å². The molecule has 27 heavy (non-hydrogen) atoms. The summed E-state index contributed by atoms with van der Waals surface area (Å²) >= 11 is 0. The monoisotopic (exact) mass is 361 g/mol. The predicted octanol–water partition coefficient (Wildman–Crippen LogP) is 4.38. The highest BCUT2D eigenvalue weighted by Crippen LogP contribution is 2.26. The van der Waals surface area contributed by atoms with Gasteiger partial charge in [0.25, 0.3) is 5.91 Å². The minimum Gasteiger partial charge on any atom is -0.484 e. The molecule has 0 fully saturated rings. The molecule has 0 bridgehead atoms. The number of hydrogen-bond donors (Lipinski definition) is 2. The first-order chi connectivity index (χ1) is 13.0. The number of amides is 1. The molecule has 0 aliphatic heterocycles. The summed E-state index contributed by atoms with van der Waals surface area (Å²) in [6, 6.07) is 21.8. The van der Waals surface area contributed by atoms with Crippen LogP contribution in [-0.4, -0.2) is 23.6 Å². The first-order valence-corrected chi connectivity index (χ1v) is 8.45. The van der Waals surface area contributed by atoms with Crippen LogP contribution in [0.5, 0.6) is 5.75 Å². The van der Waals surface area contributed by atoms with E-state index in [0.717, 1.165) is 16.7 Å². The number of benzene rings is 3. The molecule has 0 saturated carbocycles. The van der Waals surface area contributed by atoms with E-state index < -0.39 is 5.97 Å². The van der Waals surface area contributed by atoms with Crippen molar-refractivity contribution in [3.8, 4) is 16.9 Å². The lowest BCUT2D eigenvalue weighted by Gasteiger charge is -2.11. The number of carbonyl (C=O) groups is 2. The molecule has 0 saturated heterocycles. The van der Waals surface area contributed by atoms with Crippen molar-refractivity contribution < 1.29 is 19.4 Å². The molecule has 3 aromatic carbocycles. The number of rotatable bonds is 6. The van der Waals surface area contributed by atoms with Crippen LogP contribution in [-0.2, 0) is 4.79 Å². The summed E-state index contributed by atoms with van der Waals surface area (Å²) in [5.74, 6) is -0.805. The molecule has 0 unspecified atom stereocenters. The Balaban J connectivity index is 1.61. The van der Waals surface area contributed by atoms with Crippen LogP contribution in [0.3, 0.4) is 0 Å². The SMILES string of the molecule is Cc1cc(OCC(=O)Nc2cccc(C(=O)O)c2)ccc1-c1ccccc1. The number of ether oxygens (including phenoxy) is 1. The molecule has 0 aliphatic rings. The van der Waals surface area contributed by atoms with Crippen molar-refractivity contribution in [3.63, 3.8) is 0 Å². The molecule has 5 nitrogen and oxygen atoms in total. The minimum absolute atomic E-state index is 0.112. The number of aryl methyl sites for hydroxylation is 1. The maximum atomic E-state index is 12.1. The third-order valence-electron chi connectivity index (χ3n) is 4.05. The van der Waals surface area contributed by atoms with Crippen molar-refractivity contribution in [3.05, 3.63) is 83.9 Å². The molecule has 136 valence electrons. The molecule has 0 aromatic heterocycles. The van der Waals surface area contributed by atoms with Gasteiger partial charge >= 0.3 is 5.97 Å². The molecule has 5 heteroatoms. The van der Waals surface area contributed by atoms with Gasteiger partial charge in [-0.15, -0.1) is 0 Å². The number of carbonyl (C=O) groups excluding carboxylic acids is 1. The fraction of sp³-hybridized carbons (Fsp3) is 0.0909. The van der Waals surface area contributed by atoms with E-state index in [0.29, 0.717) is 11.4 Å². The molecule has 2 N–H and O–H groups in total. The number of anilines is 1. The van der Waals surface area contributed by atoms with Crippen LogP contribution in [0.4, 0.5) is 5.69 Å². The van der Waals surface area contributed by atoms with E-state index in [4.69, 9.17) is 9.84 Å². The molecule has 0 spiro atoms. The average molecular weight is 361 g/mol. The van der Waals surface area contributed by atoms with Crippen molar-refractivity contribution in [1.29, 1.82) is 0 Å². The second-order valence-electron chi connectivity index (χ2n) is 6.07.